The summed E-state index contributed by atoms with van der Waals surface area (Å²) in [6.45, 7) is 9.41. The van der Waals surface area contributed by atoms with E-state index < -0.39 is 21.1 Å². The number of piperidine rings is 1. The molecule has 34 heavy (non-hydrogen) atoms. The summed E-state index contributed by atoms with van der Waals surface area (Å²) >= 11 is 12.6. The van der Waals surface area contributed by atoms with Crippen molar-refractivity contribution < 1.29 is 13.2 Å². The molecule has 0 aromatic heterocycles. The Morgan fingerprint density at radius 2 is 1.62 bits per heavy atom. The van der Waals surface area contributed by atoms with Gasteiger partial charge in [-0.2, -0.15) is 0 Å². The molecular weight excluding hydrogens is 489 g/mol. The van der Waals surface area contributed by atoms with Crippen LogP contribution in [0.4, 0.5) is 0 Å². The highest BCUT2D eigenvalue weighted by molar-refractivity contribution is 7.92. The molecule has 1 fully saturated rings. The van der Waals surface area contributed by atoms with E-state index in [0.29, 0.717) is 22.9 Å². The van der Waals surface area contributed by atoms with Gasteiger partial charge in [0.05, 0.1) is 17.0 Å². The topological polar surface area (TPSA) is 54.5 Å². The van der Waals surface area contributed by atoms with E-state index in [9.17, 15) is 13.2 Å². The Hall–Kier alpha value is -1.56. The summed E-state index contributed by atoms with van der Waals surface area (Å²) in [6.07, 6.45) is 1.38. The zero-order valence-electron chi connectivity index (χ0n) is 20.5. The van der Waals surface area contributed by atoms with Crippen LogP contribution < -0.4 is 0 Å². The van der Waals surface area contributed by atoms with Crippen LogP contribution in [0.1, 0.15) is 70.5 Å². The molecule has 1 aliphatic rings. The molecule has 1 heterocycles. The minimum absolute atomic E-state index is 0.0227. The summed E-state index contributed by atoms with van der Waals surface area (Å²) in [5.74, 6) is -0.279. The molecule has 0 N–H and O–H groups in total. The van der Waals surface area contributed by atoms with Gasteiger partial charge in [0.25, 0.3) is 0 Å². The van der Waals surface area contributed by atoms with Crippen molar-refractivity contribution in [3.63, 3.8) is 0 Å². The number of carbonyl (C=O) groups is 1. The summed E-state index contributed by atoms with van der Waals surface area (Å²) < 4.78 is 26.1. The Labute approximate surface area is 214 Å². The summed E-state index contributed by atoms with van der Waals surface area (Å²) in [5.41, 5.74) is 2.00. The fourth-order valence-corrected chi connectivity index (χ4v) is 6.65. The Balaban J connectivity index is 2.22. The van der Waals surface area contributed by atoms with Crippen molar-refractivity contribution in [2.24, 2.45) is 11.8 Å². The lowest BCUT2D eigenvalue weighted by Gasteiger charge is -2.49. The van der Waals surface area contributed by atoms with Crippen molar-refractivity contribution >= 4 is 38.9 Å². The number of sulfone groups is 1. The molecule has 2 aromatic rings. The normalized spacial score (nSPS) is 22.4. The molecule has 3 rings (SSSR count). The summed E-state index contributed by atoms with van der Waals surface area (Å²) in [4.78, 5) is 15.8. The third-order valence-electron chi connectivity index (χ3n) is 7.05. The molecule has 1 aliphatic heterocycles. The summed E-state index contributed by atoms with van der Waals surface area (Å²) in [7, 11) is -3.38. The second-order valence-electron chi connectivity index (χ2n) is 9.93. The lowest BCUT2D eigenvalue weighted by atomic mass is 9.74. The van der Waals surface area contributed by atoms with Crippen LogP contribution in [-0.4, -0.2) is 36.3 Å². The summed E-state index contributed by atoms with van der Waals surface area (Å²) in [5, 5.41) is 0.756. The molecule has 0 saturated carbocycles. The lowest BCUT2D eigenvalue weighted by Crippen LogP contribution is -2.55. The standard InChI is InChI=1S/C27H35Cl2NO3S/c1-6-19-15-24(21-8-7-9-23(29)14-21)26(20-10-12-22(28)13-11-20)30(27(19)31)25(17(2)3)16-34(32,33)18(4)5/h7-14,17-19,24-26H,6,15-16H2,1-5H3/t19?,24-,25-,26?/m1/s1. The van der Waals surface area contributed by atoms with Crippen LogP contribution in [0.15, 0.2) is 48.5 Å². The van der Waals surface area contributed by atoms with Gasteiger partial charge >= 0.3 is 0 Å². The van der Waals surface area contributed by atoms with Gasteiger partial charge in [0.1, 0.15) is 0 Å². The molecular formula is C27H35Cl2NO3S. The molecule has 0 spiro atoms. The molecule has 1 amide bonds. The molecule has 0 bridgehead atoms. The van der Waals surface area contributed by atoms with Crippen LogP contribution in [0.5, 0.6) is 0 Å². The number of hydrogen-bond acceptors (Lipinski definition) is 3. The Kier molecular flexibility index (Phi) is 8.75. The lowest BCUT2D eigenvalue weighted by molar-refractivity contribution is -0.147. The molecule has 2 unspecified atom stereocenters. The van der Waals surface area contributed by atoms with Gasteiger partial charge in [-0.1, -0.05) is 68.2 Å². The van der Waals surface area contributed by atoms with Gasteiger partial charge < -0.3 is 4.90 Å². The number of nitrogens with zero attached hydrogens (tertiary/aromatic N) is 1. The van der Waals surface area contributed by atoms with Gasteiger partial charge in [-0.3, -0.25) is 4.79 Å². The number of benzene rings is 2. The summed E-state index contributed by atoms with van der Waals surface area (Å²) in [6, 6.07) is 14.6. The van der Waals surface area contributed by atoms with E-state index in [-0.39, 0.29) is 35.5 Å². The van der Waals surface area contributed by atoms with Crippen LogP contribution in [-0.2, 0) is 14.6 Å². The van der Waals surface area contributed by atoms with Crippen LogP contribution >= 0.6 is 23.2 Å². The number of rotatable bonds is 8. The van der Waals surface area contributed by atoms with Gasteiger partial charge in [-0.15, -0.1) is 0 Å². The number of halogens is 2. The third kappa shape index (κ3) is 5.80. The largest absolute Gasteiger partial charge is 0.331 e. The van der Waals surface area contributed by atoms with Crippen LogP contribution in [0.3, 0.4) is 0 Å². The van der Waals surface area contributed by atoms with E-state index in [1.165, 1.54) is 0 Å². The van der Waals surface area contributed by atoms with E-state index in [1.54, 1.807) is 13.8 Å². The van der Waals surface area contributed by atoms with E-state index in [1.807, 2.05) is 68.1 Å². The molecule has 2 aromatic carbocycles. The predicted molar refractivity (Wildman–Crippen MR) is 141 cm³/mol. The molecule has 0 radical (unpaired) electrons. The van der Waals surface area contributed by atoms with Crippen molar-refractivity contribution in [3.05, 3.63) is 69.7 Å². The second kappa shape index (κ2) is 11.0. The van der Waals surface area contributed by atoms with Gasteiger partial charge in [0.15, 0.2) is 9.84 Å². The van der Waals surface area contributed by atoms with Crippen LogP contribution in [0.2, 0.25) is 10.0 Å². The SMILES string of the molecule is CCC1C[C@H](c2cccc(Cl)c2)C(c2ccc(Cl)cc2)N([C@H](CS(=O)(=O)C(C)C)C(C)C)C1=O. The molecule has 186 valence electrons. The minimum Gasteiger partial charge on any atom is -0.331 e. The Morgan fingerprint density at radius 1 is 0.971 bits per heavy atom. The quantitative estimate of drug-likeness (QED) is 0.377. The third-order valence-corrected chi connectivity index (χ3v) is 9.78. The van der Waals surface area contributed by atoms with Crippen molar-refractivity contribution in [1.82, 2.24) is 4.90 Å². The first-order valence-corrected chi connectivity index (χ1v) is 14.5. The molecule has 4 atom stereocenters. The van der Waals surface area contributed by atoms with E-state index in [4.69, 9.17) is 23.2 Å². The van der Waals surface area contributed by atoms with Crippen molar-refractivity contribution in [2.75, 3.05) is 5.75 Å². The fraction of sp³-hybridized carbons (Fsp3) is 0.519. The van der Waals surface area contributed by atoms with Gasteiger partial charge in [0, 0.05) is 27.9 Å². The first-order valence-electron chi connectivity index (χ1n) is 12.0. The monoisotopic (exact) mass is 523 g/mol. The van der Waals surface area contributed by atoms with E-state index in [2.05, 4.69) is 6.07 Å². The maximum absolute atomic E-state index is 13.9. The first kappa shape index (κ1) is 27.0. The maximum Gasteiger partial charge on any atom is 0.226 e. The van der Waals surface area contributed by atoms with Gasteiger partial charge in [-0.25, -0.2) is 8.42 Å². The Bertz CT molecular complexity index is 1100. The van der Waals surface area contributed by atoms with Crippen molar-refractivity contribution in [1.29, 1.82) is 0 Å². The zero-order valence-corrected chi connectivity index (χ0v) is 22.9. The molecule has 1 saturated heterocycles. The molecule has 7 heteroatoms. The predicted octanol–water partition coefficient (Wildman–Crippen LogP) is 6.92. The molecule has 4 nitrogen and oxygen atoms in total. The van der Waals surface area contributed by atoms with Crippen LogP contribution in [0, 0.1) is 11.8 Å². The average Bonchev–Trinajstić information content (AvgIpc) is 2.78. The van der Waals surface area contributed by atoms with E-state index >= 15 is 0 Å². The van der Waals surface area contributed by atoms with Gasteiger partial charge in [0.2, 0.25) is 5.91 Å². The van der Waals surface area contributed by atoms with Crippen molar-refractivity contribution in [3.8, 4) is 0 Å². The zero-order chi connectivity index (χ0) is 25.2. The first-order chi connectivity index (χ1) is 16.0. The van der Waals surface area contributed by atoms with Gasteiger partial charge in [-0.05, 0) is 68.0 Å². The highest BCUT2D eigenvalue weighted by Crippen LogP contribution is 2.48. The number of amides is 1. The average molecular weight is 525 g/mol. The van der Waals surface area contributed by atoms with E-state index in [0.717, 1.165) is 11.1 Å². The molecule has 0 aliphatic carbocycles. The second-order valence-corrected chi connectivity index (χ2v) is 13.4. The minimum atomic E-state index is -3.38. The number of carbonyl (C=O) groups excluding carboxylic acids is 1. The highest BCUT2D eigenvalue weighted by atomic mass is 35.5. The highest BCUT2D eigenvalue weighted by Gasteiger charge is 2.47. The number of likely N-dealkylation sites (tertiary alicyclic amines) is 1. The fourth-order valence-electron chi connectivity index (χ4n) is 4.92. The smallest absolute Gasteiger partial charge is 0.226 e. The van der Waals surface area contributed by atoms with Crippen LogP contribution in [0.25, 0.3) is 0 Å². The number of hydrogen-bond donors (Lipinski definition) is 0. The Morgan fingerprint density at radius 3 is 2.15 bits per heavy atom. The maximum atomic E-state index is 13.9. The van der Waals surface area contributed by atoms with Crippen molar-refractivity contribution in [2.45, 2.75) is 70.7 Å².